The maximum Gasteiger partial charge on any atom is 0.230 e. The van der Waals surface area contributed by atoms with Gasteiger partial charge in [-0.15, -0.1) is 11.3 Å². The standard InChI is InChI=1S/C15H10ClFN2O2S/c16-9-3-4-12(11(17)6-9)19-14(20)7-10-8-22-15(18-10)13-2-1-5-21-13/h1-6,8H,7H2,(H,19,20). The molecule has 22 heavy (non-hydrogen) atoms. The molecule has 3 rings (SSSR count). The van der Waals surface area contributed by atoms with Crippen molar-refractivity contribution in [3.63, 3.8) is 0 Å². The highest BCUT2D eigenvalue weighted by Crippen LogP contribution is 2.24. The lowest BCUT2D eigenvalue weighted by Gasteiger charge is -2.05. The van der Waals surface area contributed by atoms with Crippen molar-refractivity contribution in [1.82, 2.24) is 4.98 Å². The van der Waals surface area contributed by atoms with Crippen LogP contribution in [0.5, 0.6) is 0 Å². The normalized spacial score (nSPS) is 10.6. The van der Waals surface area contributed by atoms with E-state index in [1.807, 2.05) is 0 Å². The van der Waals surface area contributed by atoms with Crippen LogP contribution in [0.15, 0.2) is 46.4 Å². The van der Waals surface area contributed by atoms with E-state index >= 15 is 0 Å². The molecule has 0 saturated carbocycles. The number of nitrogens with zero attached hydrogens (tertiary/aromatic N) is 1. The van der Waals surface area contributed by atoms with Gasteiger partial charge < -0.3 is 9.73 Å². The highest BCUT2D eigenvalue weighted by Gasteiger charge is 2.12. The first-order chi connectivity index (χ1) is 10.6. The zero-order chi connectivity index (χ0) is 15.5. The molecule has 1 amide bonds. The van der Waals surface area contributed by atoms with Crippen molar-refractivity contribution in [2.24, 2.45) is 0 Å². The highest BCUT2D eigenvalue weighted by atomic mass is 35.5. The minimum atomic E-state index is -0.574. The van der Waals surface area contributed by atoms with Gasteiger partial charge in [0.05, 0.1) is 24.1 Å². The first-order valence-electron chi connectivity index (χ1n) is 6.35. The predicted octanol–water partition coefficient (Wildman–Crippen LogP) is 4.38. The summed E-state index contributed by atoms with van der Waals surface area (Å²) >= 11 is 7.05. The van der Waals surface area contributed by atoms with Gasteiger partial charge in [-0.1, -0.05) is 11.6 Å². The number of hydrogen-bond donors (Lipinski definition) is 1. The van der Waals surface area contributed by atoms with Crippen LogP contribution in [0.25, 0.3) is 10.8 Å². The first kappa shape index (κ1) is 14.7. The Balaban J connectivity index is 1.67. The van der Waals surface area contributed by atoms with Gasteiger partial charge in [-0.25, -0.2) is 9.37 Å². The maximum absolute atomic E-state index is 13.6. The molecule has 0 aliphatic rings. The van der Waals surface area contributed by atoms with Crippen molar-refractivity contribution in [3.05, 3.63) is 58.5 Å². The molecule has 2 heterocycles. The van der Waals surface area contributed by atoms with Crippen molar-refractivity contribution >= 4 is 34.5 Å². The Morgan fingerprint density at radius 3 is 3.00 bits per heavy atom. The van der Waals surface area contributed by atoms with E-state index in [1.165, 1.54) is 23.5 Å². The predicted molar refractivity (Wildman–Crippen MR) is 83.6 cm³/mol. The molecule has 4 nitrogen and oxygen atoms in total. The number of anilines is 1. The summed E-state index contributed by atoms with van der Waals surface area (Å²) in [6.07, 6.45) is 1.62. The number of rotatable bonds is 4. The lowest BCUT2D eigenvalue weighted by molar-refractivity contribution is -0.115. The number of thiazole rings is 1. The van der Waals surface area contributed by atoms with E-state index in [-0.39, 0.29) is 23.0 Å². The fraction of sp³-hybridized carbons (Fsp3) is 0.0667. The van der Waals surface area contributed by atoms with Crippen LogP contribution >= 0.6 is 22.9 Å². The summed E-state index contributed by atoms with van der Waals surface area (Å²) in [5.74, 6) is -0.270. The Bertz CT molecular complexity index is 802. The maximum atomic E-state index is 13.6. The molecule has 0 saturated heterocycles. The number of amides is 1. The summed E-state index contributed by atoms with van der Waals surface area (Å²) in [5.41, 5.74) is 0.694. The van der Waals surface area contributed by atoms with Crippen LogP contribution in [-0.4, -0.2) is 10.9 Å². The van der Waals surface area contributed by atoms with Gasteiger partial charge in [-0.05, 0) is 30.3 Å². The third-order valence-corrected chi connectivity index (χ3v) is 3.97. The summed E-state index contributed by atoms with van der Waals surface area (Å²) in [5, 5.41) is 5.25. The van der Waals surface area contributed by atoms with Crippen LogP contribution in [0.4, 0.5) is 10.1 Å². The van der Waals surface area contributed by atoms with Crippen molar-refractivity contribution in [2.45, 2.75) is 6.42 Å². The van der Waals surface area contributed by atoms with Gasteiger partial charge in [0.15, 0.2) is 10.8 Å². The largest absolute Gasteiger partial charge is 0.462 e. The molecular formula is C15H10ClFN2O2S. The zero-order valence-electron chi connectivity index (χ0n) is 11.2. The number of benzene rings is 1. The molecule has 2 aromatic heterocycles. The minimum Gasteiger partial charge on any atom is -0.462 e. The fourth-order valence-corrected chi connectivity index (χ4v) is 2.80. The summed E-state index contributed by atoms with van der Waals surface area (Å²) < 4.78 is 18.9. The van der Waals surface area contributed by atoms with E-state index in [9.17, 15) is 9.18 Å². The Morgan fingerprint density at radius 2 is 2.27 bits per heavy atom. The van der Waals surface area contributed by atoms with E-state index in [1.54, 1.807) is 23.8 Å². The van der Waals surface area contributed by atoms with Gasteiger partial charge in [0.2, 0.25) is 5.91 Å². The third-order valence-electron chi connectivity index (χ3n) is 2.83. The first-order valence-corrected chi connectivity index (χ1v) is 7.61. The van der Waals surface area contributed by atoms with E-state index in [4.69, 9.17) is 16.0 Å². The van der Waals surface area contributed by atoms with E-state index in [0.29, 0.717) is 16.5 Å². The van der Waals surface area contributed by atoms with Crippen molar-refractivity contribution in [2.75, 3.05) is 5.32 Å². The number of nitrogens with one attached hydrogen (secondary N) is 1. The van der Waals surface area contributed by atoms with Gasteiger partial charge in [0, 0.05) is 10.4 Å². The van der Waals surface area contributed by atoms with Crippen LogP contribution < -0.4 is 5.32 Å². The average Bonchev–Trinajstić information content (AvgIpc) is 3.12. The molecule has 0 aliphatic heterocycles. The second kappa shape index (κ2) is 6.29. The van der Waals surface area contributed by atoms with E-state index in [2.05, 4.69) is 10.3 Å². The average molecular weight is 337 g/mol. The fourth-order valence-electron chi connectivity index (χ4n) is 1.85. The molecule has 112 valence electrons. The Morgan fingerprint density at radius 1 is 1.41 bits per heavy atom. The Hall–Kier alpha value is -2.18. The second-order valence-electron chi connectivity index (χ2n) is 4.47. The lowest BCUT2D eigenvalue weighted by Crippen LogP contribution is -2.15. The van der Waals surface area contributed by atoms with E-state index < -0.39 is 5.82 Å². The highest BCUT2D eigenvalue weighted by molar-refractivity contribution is 7.13. The van der Waals surface area contributed by atoms with Crippen LogP contribution in [0.2, 0.25) is 5.02 Å². The van der Waals surface area contributed by atoms with Crippen LogP contribution in [0.3, 0.4) is 0 Å². The molecule has 0 aliphatic carbocycles. The minimum absolute atomic E-state index is 0.0548. The van der Waals surface area contributed by atoms with Gasteiger partial charge >= 0.3 is 0 Å². The van der Waals surface area contributed by atoms with Crippen molar-refractivity contribution in [3.8, 4) is 10.8 Å². The van der Waals surface area contributed by atoms with Crippen LogP contribution in [0, 0.1) is 5.82 Å². The summed E-state index contributed by atoms with van der Waals surface area (Å²) in [7, 11) is 0. The molecule has 3 aromatic rings. The number of carbonyl (C=O) groups excluding carboxylic acids is 1. The number of hydrogen-bond acceptors (Lipinski definition) is 4. The molecule has 0 spiro atoms. The number of halogens is 2. The SMILES string of the molecule is O=C(Cc1csc(-c2ccco2)n1)Nc1ccc(Cl)cc1F. The molecule has 1 aromatic carbocycles. The van der Waals surface area contributed by atoms with Gasteiger partial charge in [0.25, 0.3) is 0 Å². The van der Waals surface area contributed by atoms with Gasteiger partial charge in [0.1, 0.15) is 5.82 Å². The van der Waals surface area contributed by atoms with Crippen LogP contribution in [0.1, 0.15) is 5.69 Å². The van der Waals surface area contributed by atoms with Crippen LogP contribution in [-0.2, 0) is 11.2 Å². The molecule has 7 heteroatoms. The molecular weight excluding hydrogens is 327 g/mol. The number of furan rings is 1. The second-order valence-corrected chi connectivity index (χ2v) is 5.76. The van der Waals surface area contributed by atoms with Gasteiger partial charge in [-0.2, -0.15) is 0 Å². The lowest BCUT2D eigenvalue weighted by atomic mass is 10.2. The summed E-state index contributed by atoms with van der Waals surface area (Å²) in [4.78, 5) is 16.3. The molecule has 0 bridgehead atoms. The van der Waals surface area contributed by atoms with E-state index in [0.717, 1.165) is 6.07 Å². The number of carbonyl (C=O) groups is 1. The smallest absolute Gasteiger partial charge is 0.230 e. The monoisotopic (exact) mass is 336 g/mol. The zero-order valence-corrected chi connectivity index (χ0v) is 12.7. The van der Waals surface area contributed by atoms with Crippen molar-refractivity contribution < 1.29 is 13.6 Å². The molecule has 0 unspecified atom stereocenters. The number of aromatic nitrogens is 1. The van der Waals surface area contributed by atoms with Gasteiger partial charge in [-0.3, -0.25) is 4.79 Å². The topological polar surface area (TPSA) is 55.1 Å². The molecule has 0 fully saturated rings. The molecule has 0 radical (unpaired) electrons. The Labute approximate surface area is 134 Å². The molecule has 1 N–H and O–H groups in total. The quantitative estimate of drug-likeness (QED) is 0.769. The third kappa shape index (κ3) is 3.35. The summed E-state index contributed by atoms with van der Waals surface area (Å²) in [6, 6.07) is 7.65. The summed E-state index contributed by atoms with van der Waals surface area (Å²) in [6.45, 7) is 0. The molecule has 0 atom stereocenters. The van der Waals surface area contributed by atoms with Crippen molar-refractivity contribution in [1.29, 1.82) is 0 Å². The Kier molecular flexibility index (Phi) is 4.22.